The van der Waals surface area contributed by atoms with E-state index in [9.17, 15) is 9.46 Å². The SMILES string of the molecule is CCCCCCCCCCCC[CH]CCCP(=O)(O)OCC[N+](C)(C)C. The normalized spacial score (nSPS) is 14.5. The van der Waals surface area contributed by atoms with Crippen molar-refractivity contribution >= 4 is 7.60 Å². The fourth-order valence-electron chi connectivity index (χ4n) is 2.88. The van der Waals surface area contributed by atoms with Crippen LogP contribution in [0.2, 0.25) is 0 Å². The fourth-order valence-corrected chi connectivity index (χ4v) is 3.96. The van der Waals surface area contributed by atoms with Crippen molar-refractivity contribution in [1.82, 2.24) is 0 Å². The smallest absolute Gasteiger partial charge is 0.328 e. The molecule has 0 aliphatic carbocycles. The highest BCUT2D eigenvalue weighted by atomic mass is 31.2. The van der Waals surface area contributed by atoms with E-state index in [1.807, 2.05) is 21.1 Å². The van der Waals surface area contributed by atoms with Gasteiger partial charge < -0.3 is 13.9 Å². The zero-order valence-corrected chi connectivity index (χ0v) is 18.9. The lowest BCUT2D eigenvalue weighted by molar-refractivity contribution is -0.870. The van der Waals surface area contributed by atoms with Crippen LogP contribution in [0.1, 0.15) is 90.4 Å². The first kappa shape index (κ1) is 26.1. The lowest BCUT2D eigenvalue weighted by Crippen LogP contribution is -2.37. The number of hydrogen-bond donors (Lipinski definition) is 1. The number of quaternary nitrogens is 1. The summed E-state index contributed by atoms with van der Waals surface area (Å²) in [6.07, 6.45) is 19.0. The molecular weight excluding hydrogens is 345 g/mol. The molecule has 157 valence electrons. The molecule has 0 rings (SSSR count). The monoisotopic (exact) mass is 391 g/mol. The van der Waals surface area contributed by atoms with Crippen LogP contribution >= 0.6 is 7.60 Å². The Kier molecular flexibility index (Phi) is 16.2. The molecule has 0 aromatic heterocycles. The Morgan fingerprint density at radius 1 is 0.846 bits per heavy atom. The van der Waals surface area contributed by atoms with Crippen LogP contribution in [0.3, 0.4) is 0 Å². The number of hydrogen-bond acceptors (Lipinski definition) is 2. The molecule has 0 spiro atoms. The van der Waals surface area contributed by atoms with Gasteiger partial charge in [0.2, 0.25) is 0 Å². The predicted octanol–water partition coefficient (Wildman–Crippen LogP) is 6.19. The number of likely N-dealkylation sites (N-methyl/N-ethyl adjacent to an activating group) is 1. The van der Waals surface area contributed by atoms with E-state index in [1.165, 1.54) is 64.2 Å². The first-order chi connectivity index (χ1) is 12.3. The maximum atomic E-state index is 11.9. The maximum absolute atomic E-state index is 11.9. The summed E-state index contributed by atoms with van der Waals surface area (Å²) in [5.41, 5.74) is 0. The Balaban J connectivity index is 3.33. The number of rotatable bonds is 19. The topological polar surface area (TPSA) is 46.5 Å². The van der Waals surface area contributed by atoms with E-state index in [-0.39, 0.29) is 6.16 Å². The van der Waals surface area contributed by atoms with Crippen molar-refractivity contribution in [2.75, 3.05) is 40.5 Å². The van der Waals surface area contributed by atoms with Crippen molar-refractivity contribution in [3.05, 3.63) is 6.42 Å². The summed E-state index contributed by atoms with van der Waals surface area (Å²) in [6, 6.07) is 0. The van der Waals surface area contributed by atoms with E-state index in [0.717, 1.165) is 30.3 Å². The Bertz CT molecular complexity index is 356. The van der Waals surface area contributed by atoms with Gasteiger partial charge in [-0.25, -0.2) is 0 Å². The van der Waals surface area contributed by atoms with Crippen LogP contribution in [0.25, 0.3) is 0 Å². The third-order valence-corrected chi connectivity index (χ3v) is 6.13. The summed E-state index contributed by atoms with van der Waals surface area (Å²) in [5.74, 6) is 0. The van der Waals surface area contributed by atoms with Crippen molar-refractivity contribution in [3.8, 4) is 0 Å². The second-order valence-electron chi connectivity index (χ2n) is 8.61. The molecule has 0 aliphatic rings. The predicted molar refractivity (Wildman–Crippen MR) is 114 cm³/mol. The van der Waals surface area contributed by atoms with Gasteiger partial charge in [0.15, 0.2) is 0 Å². The highest BCUT2D eigenvalue weighted by Crippen LogP contribution is 2.42. The molecule has 0 aliphatic heterocycles. The average Bonchev–Trinajstić information content (AvgIpc) is 2.53. The van der Waals surface area contributed by atoms with E-state index in [4.69, 9.17) is 4.52 Å². The summed E-state index contributed by atoms with van der Waals surface area (Å²) in [5, 5.41) is 0. The first-order valence-electron chi connectivity index (χ1n) is 10.9. The summed E-state index contributed by atoms with van der Waals surface area (Å²) in [4.78, 5) is 9.82. The van der Waals surface area contributed by atoms with E-state index >= 15 is 0 Å². The second kappa shape index (κ2) is 16.1. The van der Waals surface area contributed by atoms with Crippen LogP contribution in [0.5, 0.6) is 0 Å². The number of nitrogens with zero attached hydrogens (tertiary/aromatic N) is 1. The molecule has 0 saturated carbocycles. The molecule has 0 fully saturated rings. The van der Waals surface area contributed by atoms with E-state index in [0.29, 0.717) is 6.61 Å². The summed E-state index contributed by atoms with van der Waals surface area (Å²) >= 11 is 0. The standard InChI is InChI=1S/C21H45NO3P/c1-5-6-7-8-9-10-11-12-13-14-15-16-17-18-21-26(23,24)25-20-19-22(2,3)4/h16H,5-15,17-21H2,1-4H3/p+1. The molecule has 0 bridgehead atoms. The molecule has 5 heteroatoms. The Morgan fingerprint density at radius 2 is 1.35 bits per heavy atom. The third kappa shape index (κ3) is 20.4. The van der Waals surface area contributed by atoms with Crippen molar-refractivity contribution in [3.63, 3.8) is 0 Å². The minimum absolute atomic E-state index is 0.276. The van der Waals surface area contributed by atoms with Crippen molar-refractivity contribution < 1.29 is 18.5 Å². The van der Waals surface area contributed by atoms with Gasteiger partial charge in [-0.2, -0.15) is 0 Å². The van der Waals surface area contributed by atoms with Crippen LogP contribution in [0.4, 0.5) is 0 Å². The third-order valence-electron chi connectivity index (χ3n) is 4.67. The zero-order valence-electron chi connectivity index (χ0n) is 18.0. The molecule has 1 radical (unpaired) electrons. The van der Waals surface area contributed by atoms with Crippen LogP contribution in [0.15, 0.2) is 0 Å². The molecule has 26 heavy (non-hydrogen) atoms. The minimum Gasteiger partial charge on any atom is -0.329 e. The van der Waals surface area contributed by atoms with Crippen LogP contribution < -0.4 is 0 Å². The lowest BCUT2D eigenvalue weighted by atomic mass is 10.0. The van der Waals surface area contributed by atoms with Crippen LogP contribution in [-0.2, 0) is 9.09 Å². The fraction of sp³-hybridized carbons (Fsp3) is 0.952. The highest BCUT2D eigenvalue weighted by molar-refractivity contribution is 7.52. The van der Waals surface area contributed by atoms with Gasteiger partial charge in [-0.3, -0.25) is 4.57 Å². The molecule has 0 aromatic rings. The Morgan fingerprint density at radius 3 is 1.88 bits per heavy atom. The van der Waals surface area contributed by atoms with Gasteiger partial charge in [-0.05, 0) is 19.3 Å². The summed E-state index contributed by atoms with van der Waals surface area (Å²) in [7, 11) is 2.76. The summed E-state index contributed by atoms with van der Waals surface area (Å²) < 4.78 is 17.9. The highest BCUT2D eigenvalue weighted by Gasteiger charge is 2.20. The Labute approximate surface area is 163 Å². The largest absolute Gasteiger partial charge is 0.329 e. The van der Waals surface area contributed by atoms with E-state index in [2.05, 4.69) is 13.3 Å². The first-order valence-corrected chi connectivity index (χ1v) is 12.6. The van der Waals surface area contributed by atoms with Gasteiger partial charge >= 0.3 is 7.60 Å². The summed E-state index contributed by atoms with van der Waals surface area (Å²) in [6.45, 7) is 3.36. The van der Waals surface area contributed by atoms with Gasteiger partial charge in [0, 0.05) is 6.16 Å². The van der Waals surface area contributed by atoms with Gasteiger partial charge in [-0.15, -0.1) is 0 Å². The molecular formula is C21H46NO3P+. The van der Waals surface area contributed by atoms with Crippen LogP contribution in [0, 0.1) is 6.42 Å². The lowest BCUT2D eigenvalue weighted by Gasteiger charge is -2.24. The quantitative estimate of drug-likeness (QED) is 0.162. The van der Waals surface area contributed by atoms with Crippen molar-refractivity contribution in [1.29, 1.82) is 0 Å². The molecule has 0 aromatic carbocycles. The Hall–Kier alpha value is 0.110. The molecule has 0 saturated heterocycles. The molecule has 1 atom stereocenters. The molecule has 0 amide bonds. The van der Waals surface area contributed by atoms with Gasteiger partial charge in [0.25, 0.3) is 0 Å². The van der Waals surface area contributed by atoms with Crippen molar-refractivity contribution in [2.24, 2.45) is 0 Å². The molecule has 1 N–H and O–H groups in total. The van der Waals surface area contributed by atoms with Crippen LogP contribution in [-0.4, -0.2) is 49.8 Å². The second-order valence-corrected chi connectivity index (χ2v) is 10.6. The molecule has 4 nitrogen and oxygen atoms in total. The van der Waals surface area contributed by atoms with Gasteiger partial charge in [0.1, 0.15) is 13.2 Å². The average molecular weight is 392 g/mol. The van der Waals surface area contributed by atoms with Crippen molar-refractivity contribution in [2.45, 2.75) is 90.4 Å². The van der Waals surface area contributed by atoms with E-state index < -0.39 is 7.60 Å². The maximum Gasteiger partial charge on any atom is 0.328 e. The van der Waals surface area contributed by atoms with Gasteiger partial charge in [0.05, 0.1) is 21.1 Å². The molecule has 1 unspecified atom stereocenters. The zero-order chi connectivity index (χ0) is 19.7. The number of unbranched alkanes of at least 4 members (excludes halogenated alkanes) is 13. The van der Waals surface area contributed by atoms with E-state index in [1.54, 1.807) is 0 Å². The minimum atomic E-state index is -3.39. The van der Waals surface area contributed by atoms with Gasteiger partial charge in [-0.1, -0.05) is 77.6 Å². The molecule has 0 heterocycles.